The fourth-order valence-corrected chi connectivity index (χ4v) is 2.79. The molecule has 2 N–H and O–H groups in total. The van der Waals surface area contributed by atoms with Gasteiger partial charge in [-0.15, -0.1) is 0 Å². The summed E-state index contributed by atoms with van der Waals surface area (Å²) in [7, 11) is 0. The second-order valence-corrected chi connectivity index (χ2v) is 6.32. The van der Waals surface area contributed by atoms with E-state index in [1.807, 2.05) is 16.8 Å². The molecule has 2 aromatic rings. The van der Waals surface area contributed by atoms with Crippen LogP contribution in [0.1, 0.15) is 29.8 Å². The highest BCUT2D eigenvalue weighted by Crippen LogP contribution is 2.22. The number of thiophene rings is 1. The van der Waals surface area contributed by atoms with Crippen LogP contribution in [0.3, 0.4) is 0 Å². The number of ether oxygens (including phenoxy) is 1. The van der Waals surface area contributed by atoms with E-state index in [9.17, 15) is 19.2 Å². The predicted molar refractivity (Wildman–Crippen MR) is 104 cm³/mol. The SMILES string of the molecule is CC(=O)Nc1ccc(C(=O)COC(=O)/C=C/c2ccsc2)c(NC(C)=O)c1. The number of nitrogens with one attached hydrogen (secondary N) is 2. The lowest BCUT2D eigenvalue weighted by atomic mass is 10.1. The Morgan fingerprint density at radius 1 is 1.07 bits per heavy atom. The van der Waals surface area contributed by atoms with Gasteiger partial charge in [-0.05, 0) is 46.7 Å². The van der Waals surface area contributed by atoms with Gasteiger partial charge in [-0.2, -0.15) is 11.3 Å². The minimum Gasteiger partial charge on any atom is -0.454 e. The number of hydrogen-bond donors (Lipinski definition) is 2. The summed E-state index contributed by atoms with van der Waals surface area (Å²) in [4.78, 5) is 46.7. The third kappa shape index (κ3) is 6.52. The number of benzene rings is 1. The molecule has 1 aromatic heterocycles. The predicted octanol–water partition coefficient (Wildman–Crippen LogP) is 3.10. The standard InChI is InChI=1S/C19H18N2O5S/c1-12(22)20-15-4-5-16(17(9-15)21-13(2)23)18(24)10-26-19(25)6-3-14-7-8-27-11-14/h3-9,11H,10H2,1-2H3,(H,20,22)(H,21,23)/b6-3+. The molecule has 0 spiro atoms. The van der Waals surface area contributed by atoms with Crippen LogP contribution in [0, 0.1) is 0 Å². The molecular formula is C19H18N2O5S. The average molecular weight is 386 g/mol. The van der Waals surface area contributed by atoms with Gasteiger partial charge in [-0.3, -0.25) is 14.4 Å². The number of anilines is 2. The van der Waals surface area contributed by atoms with Gasteiger partial charge >= 0.3 is 5.97 Å². The van der Waals surface area contributed by atoms with Crippen molar-refractivity contribution in [3.63, 3.8) is 0 Å². The summed E-state index contributed by atoms with van der Waals surface area (Å²) in [5.74, 6) is -1.79. The van der Waals surface area contributed by atoms with E-state index in [4.69, 9.17) is 4.74 Å². The van der Waals surface area contributed by atoms with Crippen LogP contribution in [0.5, 0.6) is 0 Å². The number of esters is 1. The highest BCUT2D eigenvalue weighted by molar-refractivity contribution is 7.08. The summed E-state index contributed by atoms with van der Waals surface area (Å²) < 4.78 is 4.96. The smallest absolute Gasteiger partial charge is 0.331 e. The summed E-state index contributed by atoms with van der Waals surface area (Å²) in [6.45, 7) is 2.17. The van der Waals surface area contributed by atoms with Crippen molar-refractivity contribution in [1.82, 2.24) is 0 Å². The van der Waals surface area contributed by atoms with E-state index >= 15 is 0 Å². The molecule has 7 nitrogen and oxygen atoms in total. The van der Waals surface area contributed by atoms with Crippen LogP contribution >= 0.6 is 11.3 Å². The Bertz CT molecular complexity index is 888. The minimum atomic E-state index is -0.648. The second kappa shape index (κ2) is 9.44. The van der Waals surface area contributed by atoms with E-state index in [-0.39, 0.29) is 23.1 Å². The van der Waals surface area contributed by atoms with Gasteiger partial charge in [0.1, 0.15) is 0 Å². The molecule has 0 atom stereocenters. The fourth-order valence-electron chi connectivity index (χ4n) is 2.16. The summed E-state index contributed by atoms with van der Waals surface area (Å²) in [6, 6.07) is 6.29. The van der Waals surface area contributed by atoms with E-state index in [0.717, 1.165) is 5.56 Å². The first-order chi connectivity index (χ1) is 12.8. The lowest BCUT2D eigenvalue weighted by Crippen LogP contribution is -2.17. The Morgan fingerprint density at radius 3 is 2.44 bits per heavy atom. The Hall–Kier alpha value is -3.26. The third-order valence-electron chi connectivity index (χ3n) is 3.25. The molecule has 0 aliphatic carbocycles. The zero-order chi connectivity index (χ0) is 19.8. The normalized spacial score (nSPS) is 10.4. The first-order valence-corrected chi connectivity index (χ1v) is 8.89. The summed E-state index contributed by atoms with van der Waals surface area (Å²) in [5.41, 5.74) is 1.70. The van der Waals surface area contributed by atoms with Crippen molar-refractivity contribution < 1.29 is 23.9 Å². The van der Waals surface area contributed by atoms with Crippen molar-refractivity contribution in [3.05, 3.63) is 52.2 Å². The Kier molecular flexibility index (Phi) is 7.01. The molecule has 0 saturated carbocycles. The number of carbonyl (C=O) groups excluding carboxylic acids is 4. The van der Waals surface area contributed by atoms with Crippen LogP contribution in [0.2, 0.25) is 0 Å². The molecule has 0 bridgehead atoms. The zero-order valence-corrected chi connectivity index (χ0v) is 15.6. The molecule has 27 heavy (non-hydrogen) atoms. The zero-order valence-electron chi connectivity index (χ0n) is 14.8. The van der Waals surface area contributed by atoms with Crippen LogP contribution in [0.15, 0.2) is 41.1 Å². The Balaban J connectivity index is 2.06. The lowest BCUT2D eigenvalue weighted by molar-refractivity contribution is -0.136. The average Bonchev–Trinajstić information content (AvgIpc) is 3.10. The van der Waals surface area contributed by atoms with E-state index in [2.05, 4.69) is 10.6 Å². The van der Waals surface area contributed by atoms with Crippen molar-refractivity contribution in [1.29, 1.82) is 0 Å². The van der Waals surface area contributed by atoms with Gasteiger partial charge < -0.3 is 15.4 Å². The molecule has 1 aromatic carbocycles. The molecule has 1 heterocycles. The molecule has 0 aliphatic rings. The first kappa shape index (κ1) is 20.1. The van der Waals surface area contributed by atoms with Crippen molar-refractivity contribution in [3.8, 4) is 0 Å². The molecule has 0 unspecified atom stereocenters. The monoisotopic (exact) mass is 386 g/mol. The number of Topliss-reactive ketones (excluding diaryl/α,β-unsaturated/α-hetero) is 1. The largest absolute Gasteiger partial charge is 0.454 e. The van der Waals surface area contributed by atoms with Gasteiger partial charge in [0.25, 0.3) is 0 Å². The maximum absolute atomic E-state index is 12.4. The minimum absolute atomic E-state index is 0.175. The highest BCUT2D eigenvalue weighted by Gasteiger charge is 2.15. The maximum atomic E-state index is 12.4. The van der Waals surface area contributed by atoms with Crippen LogP contribution in [0.4, 0.5) is 11.4 Å². The van der Waals surface area contributed by atoms with Gasteiger partial charge in [0.2, 0.25) is 17.6 Å². The van der Waals surface area contributed by atoms with E-state index in [1.165, 1.54) is 49.5 Å². The molecule has 0 saturated heterocycles. The first-order valence-electron chi connectivity index (χ1n) is 7.94. The van der Waals surface area contributed by atoms with Crippen LogP contribution in [-0.4, -0.2) is 30.2 Å². The molecule has 0 radical (unpaired) electrons. The number of ketones is 1. The highest BCUT2D eigenvalue weighted by atomic mass is 32.1. The van der Waals surface area contributed by atoms with Crippen LogP contribution in [0.25, 0.3) is 6.08 Å². The van der Waals surface area contributed by atoms with E-state index in [1.54, 1.807) is 6.08 Å². The Morgan fingerprint density at radius 2 is 1.81 bits per heavy atom. The summed E-state index contributed by atoms with van der Waals surface area (Å²) in [6.07, 6.45) is 2.83. The molecule has 0 fully saturated rings. The number of amides is 2. The van der Waals surface area contributed by atoms with Crippen molar-refractivity contribution in [2.24, 2.45) is 0 Å². The van der Waals surface area contributed by atoms with Gasteiger partial charge in [-0.25, -0.2) is 4.79 Å². The quantitative estimate of drug-likeness (QED) is 0.432. The number of rotatable bonds is 7. The van der Waals surface area contributed by atoms with Crippen LogP contribution < -0.4 is 10.6 Å². The van der Waals surface area contributed by atoms with E-state index in [0.29, 0.717) is 5.69 Å². The van der Waals surface area contributed by atoms with Crippen molar-refractivity contribution in [2.45, 2.75) is 13.8 Å². The summed E-state index contributed by atoms with van der Waals surface area (Å²) in [5, 5.41) is 8.85. The lowest BCUT2D eigenvalue weighted by Gasteiger charge is -2.12. The summed E-state index contributed by atoms with van der Waals surface area (Å²) >= 11 is 1.50. The van der Waals surface area contributed by atoms with Gasteiger partial charge in [0.15, 0.2) is 6.61 Å². The number of hydrogen-bond acceptors (Lipinski definition) is 6. The van der Waals surface area contributed by atoms with E-state index < -0.39 is 18.4 Å². The maximum Gasteiger partial charge on any atom is 0.331 e. The fraction of sp³-hybridized carbons (Fsp3) is 0.158. The van der Waals surface area contributed by atoms with Crippen molar-refractivity contribution in [2.75, 3.05) is 17.2 Å². The molecule has 2 amide bonds. The third-order valence-corrected chi connectivity index (χ3v) is 3.95. The molecule has 140 valence electrons. The van der Waals surface area contributed by atoms with Gasteiger partial charge in [0.05, 0.1) is 5.69 Å². The van der Waals surface area contributed by atoms with Crippen LogP contribution in [-0.2, 0) is 19.1 Å². The molecule has 2 rings (SSSR count). The van der Waals surface area contributed by atoms with Gasteiger partial charge in [0, 0.05) is 31.2 Å². The molecule has 0 aliphatic heterocycles. The van der Waals surface area contributed by atoms with Gasteiger partial charge in [-0.1, -0.05) is 0 Å². The Labute approximate surface area is 160 Å². The van der Waals surface area contributed by atoms with Crippen molar-refractivity contribution >= 4 is 52.4 Å². The number of carbonyl (C=O) groups is 4. The molecular weight excluding hydrogens is 368 g/mol. The second-order valence-electron chi connectivity index (χ2n) is 5.54. The molecule has 8 heteroatoms. The topological polar surface area (TPSA) is 102 Å².